The maximum atomic E-state index is 12.7. The first-order valence-corrected chi connectivity index (χ1v) is 12.4. The number of anilines is 1. The van der Waals surface area contributed by atoms with Gasteiger partial charge in [0.1, 0.15) is 5.75 Å². The van der Waals surface area contributed by atoms with Crippen molar-refractivity contribution in [1.82, 2.24) is 16.2 Å². The van der Waals surface area contributed by atoms with Crippen molar-refractivity contribution in [3.8, 4) is 5.75 Å². The van der Waals surface area contributed by atoms with E-state index in [0.717, 1.165) is 12.3 Å². The molecule has 2 aliphatic carbocycles. The third-order valence-corrected chi connectivity index (χ3v) is 7.69. The Morgan fingerprint density at radius 2 is 1.84 bits per heavy atom. The zero-order chi connectivity index (χ0) is 22.7. The Labute approximate surface area is 193 Å². The first-order valence-electron chi connectivity index (χ1n) is 10.5. The van der Waals surface area contributed by atoms with Gasteiger partial charge in [-0.1, -0.05) is 12.5 Å². The minimum absolute atomic E-state index is 0.0244. The van der Waals surface area contributed by atoms with Crippen LogP contribution >= 0.6 is 12.2 Å². The van der Waals surface area contributed by atoms with Crippen LogP contribution in [0.25, 0.3) is 0 Å². The number of carbonyl (C=O) groups is 1. The molecule has 8 nitrogen and oxygen atoms in total. The Hall–Kier alpha value is -2.85. The van der Waals surface area contributed by atoms with Gasteiger partial charge in [-0.2, -0.15) is 0 Å². The van der Waals surface area contributed by atoms with Gasteiger partial charge < -0.3 is 10.1 Å². The molecule has 2 aromatic carbocycles. The molecule has 2 saturated carbocycles. The predicted octanol–water partition coefficient (Wildman–Crippen LogP) is 2.79. The lowest BCUT2D eigenvalue weighted by atomic mass is 9.96. The molecule has 0 radical (unpaired) electrons. The fraction of sp³-hybridized carbons (Fsp3) is 0.364. The van der Waals surface area contributed by atoms with Gasteiger partial charge in [0.05, 0.1) is 12.0 Å². The van der Waals surface area contributed by atoms with E-state index >= 15 is 0 Å². The second-order valence-electron chi connectivity index (χ2n) is 8.20. The molecule has 0 aromatic heterocycles. The predicted molar refractivity (Wildman–Crippen MR) is 126 cm³/mol. The molecule has 10 heteroatoms. The van der Waals surface area contributed by atoms with E-state index in [2.05, 4.69) is 20.9 Å². The maximum absolute atomic E-state index is 12.7. The molecule has 4 N–H and O–H groups in total. The zero-order valence-electron chi connectivity index (χ0n) is 17.6. The molecule has 2 bridgehead atoms. The van der Waals surface area contributed by atoms with Crippen LogP contribution in [-0.2, 0) is 10.0 Å². The number of rotatable bonds is 6. The van der Waals surface area contributed by atoms with Crippen molar-refractivity contribution >= 4 is 38.9 Å². The highest BCUT2D eigenvalue weighted by Gasteiger charge is 2.39. The van der Waals surface area contributed by atoms with Gasteiger partial charge in [-0.15, -0.1) is 0 Å². The Morgan fingerprint density at radius 3 is 2.50 bits per heavy atom. The van der Waals surface area contributed by atoms with Crippen LogP contribution in [0.1, 0.15) is 36.0 Å². The van der Waals surface area contributed by atoms with Crippen LogP contribution in [0.2, 0.25) is 0 Å². The number of sulfonamides is 1. The highest BCUT2D eigenvalue weighted by Crippen LogP contribution is 2.44. The van der Waals surface area contributed by atoms with E-state index in [9.17, 15) is 13.2 Å². The van der Waals surface area contributed by atoms with Gasteiger partial charge in [0.2, 0.25) is 0 Å². The number of fused-ring (bicyclic) bond motifs is 2. The molecule has 0 saturated heterocycles. The summed E-state index contributed by atoms with van der Waals surface area (Å²) in [7, 11) is -2.34. The lowest BCUT2D eigenvalue weighted by Crippen LogP contribution is -2.50. The molecular weight excluding hydrogens is 448 g/mol. The summed E-state index contributed by atoms with van der Waals surface area (Å²) >= 11 is 5.30. The van der Waals surface area contributed by atoms with Gasteiger partial charge in [0.25, 0.3) is 15.9 Å². The number of hydrazine groups is 1. The van der Waals surface area contributed by atoms with Crippen molar-refractivity contribution in [2.75, 3.05) is 11.8 Å². The first kappa shape index (κ1) is 22.3. The molecule has 2 fully saturated rings. The molecule has 2 aromatic rings. The van der Waals surface area contributed by atoms with Crippen molar-refractivity contribution < 1.29 is 17.9 Å². The normalized spacial score (nSPS) is 21.6. The van der Waals surface area contributed by atoms with E-state index < -0.39 is 15.9 Å². The van der Waals surface area contributed by atoms with Gasteiger partial charge in [0, 0.05) is 17.3 Å². The summed E-state index contributed by atoms with van der Waals surface area (Å²) in [6.07, 6.45) is 4.88. The fourth-order valence-electron chi connectivity index (χ4n) is 4.49. The second kappa shape index (κ2) is 9.33. The average Bonchev–Trinajstić information content (AvgIpc) is 3.41. The number of hydrogen-bond donors (Lipinski definition) is 4. The highest BCUT2D eigenvalue weighted by atomic mass is 32.2. The number of amides is 1. The average molecular weight is 475 g/mol. The van der Waals surface area contributed by atoms with Gasteiger partial charge in [-0.3, -0.25) is 20.4 Å². The summed E-state index contributed by atoms with van der Waals surface area (Å²) in [6.45, 7) is 0. The Morgan fingerprint density at radius 1 is 1.06 bits per heavy atom. The molecular formula is C22H26N4O4S2. The molecule has 0 aliphatic heterocycles. The zero-order valence-corrected chi connectivity index (χ0v) is 19.3. The van der Waals surface area contributed by atoms with Crippen LogP contribution in [0.3, 0.4) is 0 Å². The third-order valence-electron chi connectivity index (χ3n) is 6.09. The first-order chi connectivity index (χ1) is 15.3. The Bertz CT molecular complexity index is 1110. The van der Waals surface area contributed by atoms with Crippen molar-refractivity contribution in [1.29, 1.82) is 0 Å². The standard InChI is InChI=1S/C22H26N4O4S2/c1-30-18-9-7-17(8-10-18)26-32(28,29)19-4-2-3-16(13-19)21(27)24-25-22(31)23-20-12-14-5-6-15(20)11-14/h2-4,7-10,13-15,20,26H,5-6,11-12H2,1H3,(H,24,27)(H2,23,25,31)/t14-,15+,20-/m0/s1. The maximum Gasteiger partial charge on any atom is 0.269 e. The molecule has 32 heavy (non-hydrogen) atoms. The van der Waals surface area contributed by atoms with Gasteiger partial charge >= 0.3 is 0 Å². The molecule has 2 aliphatic rings. The summed E-state index contributed by atoms with van der Waals surface area (Å²) in [5.41, 5.74) is 5.84. The van der Waals surface area contributed by atoms with Crippen LogP contribution in [0.5, 0.6) is 5.75 Å². The number of methoxy groups -OCH3 is 1. The molecule has 0 spiro atoms. The summed E-state index contributed by atoms with van der Waals surface area (Å²) in [5, 5.41) is 3.64. The third kappa shape index (κ3) is 5.13. The Kier molecular flexibility index (Phi) is 6.52. The van der Waals surface area contributed by atoms with Gasteiger partial charge in [-0.25, -0.2) is 8.42 Å². The summed E-state index contributed by atoms with van der Waals surface area (Å²) in [6, 6.07) is 12.7. The molecule has 170 valence electrons. The largest absolute Gasteiger partial charge is 0.497 e. The minimum atomic E-state index is -3.87. The lowest BCUT2D eigenvalue weighted by Gasteiger charge is -2.24. The van der Waals surface area contributed by atoms with Crippen molar-refractivity contribution in [3.63, 3.8) is 0 Å². The van der Waals surface area contributed by atoms with Crippen molar-refractivity contribution in [3.05, 3.63) is 54.1 Å². The van der Waals surface area contributed by atoms with Gasteiger partial charge in [-0.05, 0) is 85.8 Å². The van der Waals surface area contributed by atoms with Crippen molar-refractivity contribution in [2.45, 2.75) is 36.6 Å². The number of carbonyl (C=O) groups excluding carboxylic acids is 1. The molecule has 3 atom stereocenters. The van der Waals surface area contributed by atoms with Crippen LogP contribution in [0.4, 0.5) is 5.69 Å². The number of hydrogen-bond acceptors (Lipinski definition) is 5. The van der Waals surface area contributed by atoms with E-state index in [4.69, 9.17) is 17.0 Å². The summed E-state index contributed by atoms with van der Waals surface area (Å²) < 4.78 is 33.0. The van der Waals surface area contributed by atoms with E-state index in [-0.39, 0.29) is 10.5 Å². The van der Waals surface area contributed by atoms with E-state index in [1.807, 2.05) is 0 Å². The summed E-state index contributed by atoms with van der Waals surface area (Å²) in [5.74, 6) is 1.57. The minimum Gasteiger partial charge on any atom is -0.497 e. The highest BCUT2D eigenvalue weighted by molar-refractivity contribution is 7.92. The summed E-state index contributed by atoms with van der Waals surface area (Å²) in [4.78, 5) is 12.5. The van der Waals surface area contributed by atoms with E-state index in [0.29, 0.717) is 28.5 Å². The second-order valence-corrected chi connectivity index (χ2v) is 10.3. The number of nitrogens with one attached hydrogen (secondary N) is 4. The molecule has 4 rings (SSSR count). The SMILES string of the molecule is COc1ccc(NS(=O)(=O)c2cccc(C(=O)NNC(=S)N[C@H]3C[C@H]4CC[C@@H]3C4)c2)cc1. The smallest absolute Gasteiger partial charge is 0.269 e. The topological polar surface area (TPSA) is 109 Å². The number of benzene rings is 2. The van der Waals surface area contributed by atoms with Crippen LogP contribution in [0.15, 0.2) is 53.4 Å². The van der Waals surface area contributed by atoms with E-state index in [1.54, 1.807) is 24.3 Å². The lowest BCUT2D eigenvalue weighted by molar-refractivity contribution is 0.0943. The molecule has 0 heterocycles. The van der Waals surface area contributed by atoms with Crippen LogP contribution in [-0.4, -0.2) is 32.6 Å². The quantitative estimate of drug-likeness (QED) is 0.377. The monoisotopic (exact) mass is 474 g/mol. The van der Waals surface area contributed by atoms with Crippen LogP contribution < -0.4 is 25.6 Å². The Balaban J connectivity index is 1.34. The fourth-order valence-corrected chi connectivity index (χ4v) is 5.80. The molecule has 1 amide bonds. The van der Waals surface area contributed by atoms with E-state index in [1.165, 1.54) is 50.6 Å². The van der Waals surface area contributed by atoms with Crippen molar-refractivity contribution in [2.24, 2.45) is 11.8 Å². The van der Waals surface area contributed by atoms with Crippen LogP contribution in [0, 0.1) is 11.8 Å². The van der Waals surface area contributed by atoms with Gasteiger partial charge in [0.15, 0.2) is 5.11 Å². The number of thiocarbonyl (C=S) groups is 1. The number of ether oxygens (including phenoxy) is 1. The molecule has 0 unspecified atom stereocenters.